The molecule has 0 saturated carbocycles. The number of aromatic nitrogens is 2. The summed E-state index contributed by atoms with van der Waals surface area (Å²) in [4.78, 5) is 21.4. The molecule has 1 saturated heterocycles. The third kappa shape index (κ3) is 3.43. The number of hydrogen-bond acceptors (Lipinski definition) is 4. The standard InChI is InChI=1S/C14H21N3O2/c1-10(2)11-4-3-8-17(9-6-11)14-15-7-5-12(16-14)13(18)19/h5,7,10-11H,3-4,6,8-9H2,1-2H3,(H,18,19). The second-order valence-corrected chi connectivity index (χ2v) is 5.47. The molecule has 0 bridgehead atoms. The number of carboxylic acids is 1. The molecule has 19 heavy (non-hydrogen) atoms. The van der Waals surface area contributed by atoms with Gasteiger partial charge in [-0.3, -0.25) is 0 Å². The number of anilines is 1. The normalized spacial score (nSPS) is 20.4. The second kappa shape index (κ2) is 5.99. The predicted molar refractivity (Wildman–Crippen MR) is 73.4 cm³/mol. The molecule has 1 fully saturated rings. The van der Waals surface area contributed by atoms with E-state index >= 15 is 0 Å². The van der Waals surface area contributed by atoms with Crippen molar-refractivity contribution in [1.82, 2.24) is 9.97 Å². The summed E-state index contributed by atoms with van der Waals surface area (Å²) in [6, 6.07) is 1.43. The Labute approximate surface area is 113 Å². The zero-order chi connectivity index (χ0) is 13.8. The number of hydrogen-bond donors (Lipinski definition) is 1. The molecule has 0 aliphatic carbocycles. The van der Waals surface area contributed by atoms with Crippen LogP contribution in [-0.4, -0.2) is 34.1 Å². The highest BCUT2D eigenvalue weighted by Crippen LogP contribution is 2.25. The Morgan fingerprint density at radius 1 is 1.42 bits per heavy atom. The van der Waals surface area contributed by atoms with Crippen molar-refractivity contribution in [2.75, 3.05) is 18.0 Å². The van der Waals surface area contributed by atoms with Crippen molar-refractivity contribution in [3.8, 4) is 0 Å². The zero-order valence-corrected chi connectivity index (χ0v) is 11.5. The van der Waals surface area contributed by atoms with Gasteiger partial charge in [0.15, 0.2) is 5.69 Å². The summed E-state index contributed by atoms with van der Waals surface area (Å²) in [6.45, 7) is 6.35. The molecule has 1 aliphatic heterocycles. The number of rotatable bonds is 3. The lowest BCUT2D eigenvalue weighted by Gasteiger charge is -2.21. The largest absolute Gasteiger partial charge is 0.477 e. The maximum atomic E-state index is 10.9. The Hall–Kier alpha value is -1.65. The Bertz CT molecular complexity index is 448. The van der Waals surface area contributed by atoms with Gasteiger partial charge in [-0.15, -0.1) is 0 Å². The van der Waals surface area contributed by atoms with Gasteiger partial charge in [0.2, 0.25) is 5.95 Å². The number of carboxylic acid groups (broad SMARTS) is 1. The molecular formula is C14H21N3O2. The Balaban J connectivity index is 2.09. The van der Waals surface area contributed by atoms with Gasteiger partial charge in [-0.1, -0.05) is 13.8 Å². The van der Waals surface area contributed by atoms with E-state index in [2.05, 4.69) is 28.7 Å². The van der Waals surface area contributed by atoms with Crippen LogP contribution in [-0.2, 0) is 0 Å². The highest BCUT2D eigenvalue weighted by Gasteiger charge is 2.21. The third-order valence-corrected chi connectivity index (χ3v) is 3.86. The van der Waals surface area contributed by atoms with Gasteiger partial charge in [0.25, 0.3) is 0 Å². The molecule has 2 heterocycles. The molecule has 2 rings (SSSR count). The van der Waals surface area contributed by atoms with Gasteiger partial charge >= 0.3 is 5.97 Å². The average Bonchev–Trinajstić information content (AvgIpc) is 2.64. The SMILES string of the molecule is CC(C)C1CCCN(c2nccc(C(=O)O)n2)CC1. The summed E-state index contributed by atoms with van der Waals surface area (Å²) >= 11 is 0. The molecule has 1 atom stereocenters. The lowest BCUT2D eigenvalue weighted by molar-refractivity contribution is 0.0690. The molecule has 1 aliphatic rings. The minimum Gasteiger partial charge on any atom is -0.477 e. The van der Waals surface area contributed by atoms with Crippen molar-refractivity contribution >= 4 is 11.9 Å². The summed E-state index contributed by atoms with van der Waals surface area (Å²) < 4.78 is 0. The summed E-state index contributed by atoms with van der Waals surface area (Å²) in [7, 11) is 0. The van der Waals surface area contributed by atoms with Crippen LogP contribution in [0.15, 0.2) is 12.3 Å². The zero-order valence-electron chi connectivity index (χ0n) is 11.5. The number of nitrogens with zero attached hydrogens (tertiary/aromatic N) is 3. The van der Waals surface area contributed by atoms with Gasteiger partial charge in [-0.25, -0.2) is 14.8 Å². The number of carbonyl (C=O) groups is 1. The van der Waals surface area contributed by atoms with Crippen molar-refractivity contribution in [2.24, 2.45) is 11.8 Å². The van der Waals surface area contributed by atoms with Crippen LogP contribution in [0.3, 0.4) is 0 Å². The van der Waals surface area contributed by atoms with Gasteiger partial charge in [0.05, 0.1) is 0 Å². The maximum Gasteiger partial charge on any atom is 0.354 e. The lowest BCUT2D eigenvalue weighted by Crippen LogP contribution is -2.27. The van der Waals surface area contributed by atoms with Gasteiger partial charge < -0.3 is 10.0 Å². The Morgan fingerprint density at radius 3 is 2.89 bits per heavy atom. The van der Waals surface area contributed by atoms with Crippen LogP contribution in [0.5, 0.6) is 0 Å². The first-order valence-corrected chi connectivity index (χ1v) is 6.89. The van der Waals surface area contributed by atoms with Crippen molar-refractivity contribution in [1.29, 1.82) is 0 Å². The minimum atomic E-state index is -1.00. The molecule has 1 N–H and O–H groups in total. The summed E-state index contributed by atoms with van der Waals surface area (Å²) in [5.41, 5.74) is 0.0645. The van der Waals surface area contributed by atoms with Crippen LogP contribution >= 0.6 is 0 Å². The van der Waals surface area contributed by atoms with Crippen LogP contribution in [0.2, 0.25) is 0 Å². The van der Waals surface area contributed by atoms with E-state index in [9.17, 15) is 4.79 Å². The van der Waals surface area contributed by atoms with Crippen molar-refractivity contribution in [3.63, 3.8) is 0 Å². The molecule has 0 spiro atoms. The Kier molecular flexibility index (Phi) is 4.35. The van der Waals surface area contributed by atoms with Gasteiger partial charge in [-0.05, 0) is 37.2 Å². The Morgan fingerprint density at radius 2 is 2.21 bits per heavy atom. The van der Waals surface area contributed by atoms with Crippen LogP contribution < -0.4 is 4.90 Å². The van der Waals surface area contributed by atoms with E-state index in [0.717, 1.165) is 31.8 Å². The van der Waals surface area contributed by atoms with E-state index in [1.807, 2.05) is 0 Å². The fourth-order valence-corrected chi connectivity index (χ4v) is 2.61. The van der Waals surface area contributed by atoms with Crippen molar-refractivity contribution < 1.29 is 9.90 Å². The predicted octanol–water partition coefficient (Wildman–Crippen LogP) is 2.44. The van der Waals surface area contributed by atoms with Crippen LogP contribution in [0.4, 0.5) is 5.95 Å². The molecule has 0 radical (unpaired) electrons. The van der Waals surface area contributed by atoms with E-state index in [0.29, 0.717) is 11.9 Å². The first kappa shape index (κ1) is 13.8. The van der Waals surface area contributed by atoms with Gasteiger partial charge in [0.1, 0.15) is 0 Å². The van der Waals surface area contributed by atoms with E-state index in [1.165, 1.54) is 18.7 Å². The molecule has 104 valence electrons. The molecular weight excluding hydrogens is 242 g/mol. The first-order valence-electron chi connectivity index (χ1n) is 6.89. The second-order valence-electron chi connectivity index (χ2n) is 5.47. The van der Waals surface area contributed by atoms with Crippen LogP contribution in [0.1, 0.15) is 43.6 Å². The number of aromatic carboxylic acids is 1. The lowest BCUT2D eigenvalue weighted by atomic mass is 9.89. The van der Waals surface area contributed by atoms with E-state index in [4.69, 9.17) is 5.11 Å². The topological polar surface area (TPSA) is 66.3 Å². The first-order chi connectivity index (χ1) is 9.08. The highest BCUT2D eigenvalue weighted by atomic mass is 16.4. The quantitative estimate of drug-likeness (QED) is 0.907. The highest BCUT2D eigenvalue weighted by molar-refractivity contribution is 5.85. The fraction of sp³-hybridized carbons (Fsp3) is 0.643. The maximum absolute atomic E-state index is 10.9. The van der Waals surface area contributed by atoms with Crippen molar-refractivity contribution in [3.05, 3.63) is 18.0 Å². The molecule has 1 aromatic rings. The molecule has 0 amide bonds. The molecule has 5 nitrogen and oxygen atoms in total. The van der Waals surface area contributed by atoms with E-state index in [-0.39, 0.29) is 5.69 Å². The van der Waals surface area contributed by atoms with Crippen molar-refractivity contribution in [2.45, 2.75) is 33.1 Å². The van der Waals surface area contributed by atoms with Gasteiger partial charge in [-0.2, -0.15) is 0 Å². The van der Waals surface area contributed by atoms with Gasteiger partial charge in [0, 0.05) is 19.3 Å². The third-order valence-electron chi connectivity index (χ3n) is 3.86. The average molecular weight is 263 g/mol. The van der Waals surface area contributed by atoms with E-state index < -0.39 is 5.97 Å². The summed E-state index contributed by atoms with van der Waals surface area (Å²) in [5.74, 6) is 0.988. The summed E-state index contributed by atoms with van der Waals surface area (Å²) in [5, 5.41) is 8.97. The molecule has 0 aromatic carbocycles. The smallest absolute Gasteiger partial charge is 0.354 e. The fourth-order valence-electron chi connectivity index (χ4n) is 2.61. The van der Waals surface area contributed by atoms with Crippen LogP contribution in [0.25, 0.3) is 0 Å². The minimum absolute atomic E-state index is 0.0645. The van der Waals surface area contributed by atoms with E-state index in [1.54, 1.807) is 0 Å². The molecule has 1 aromatic heterocycles. The summed E-state index contributed by atoms with van der Waals surface area (Å²) in [6.07, 6.45) is 4.99. The monoisotopic (exact) mass is 263 g/mol. The van der Waals surface area contributed by atoms with Crippen LogP contribution in [0, 0.1) is 11.8 Å². The molecule has 1 unspecified atom stereocenters. The molecule has 5 heteroatoms.